The number of nitrogens with zero attached hydrogens (tertiary/aromatic N) is 3. The van der Waals surface area contributed by atoms with E-state index in [2.05, 4.69) is 94.6 Å². The Hall–Kier alpha value is -6.56. The fourth-order valence-corrected chi connectivity index (χ4v) is 7.99. The van der Waals surface area contributed by atoms with Crippen LogP contribution in [0.4, 0.5) is 13.2 Å². The third kappa shape index (κ3) is 29.3. The second-order valence-corrected chi connectivity index (χ2v) is 19.9. The second-order valence-electron chi connectivity index (χ2n) is 15.7. The summed E-state index contributed by atoms with van der Waals surface area (Å²) < 4.78 is 41.4. The second kappa shape index (κ2) is 38.9. The Labute approximate surface area is 496 Å². The average Bonchev–Trinajstić information content (AvgIpc) is 3.44. The SMILES string of the molecule is Brc1cccc(Br)n1.Cc1cccc(Br)n1.Cc1cccc(F)c1.Fc1cccc(Br)c1.O=Cc1ccccc1.O=Cc1ccccc1.OC(c1ccccc1)c1cccc(Br)n1.OC(c1ccccc1)c1cccc(F)c1. The first-order valence-corrected chi connectivity index (χ1v) is 27.4. The van der Waals surface area contributed by atoms with E-state index in [-0.39, 0.29) is 17.5 Å². The predicted molar refractivity (Wildman–Crippen MR) is 325 cm³/mol. The maximum atomic E-state index is 12.9. The van der Waals surface area contributed by atoms with E-state index in [1.165, 1.54) is 36.4 Å². The molecule has 2 N–H and O–H groups in total. The molecule has 2 unspecified atom stereocenters. The lowest BCUT2D eigenvalue weighted by atomic mass is 10.0. The maximum absolute atomic E-state index is 12.9. The summed E-state index contributed by atoms with van der Waals surface area (Å²) in [5.74, 6) is -0.702. The Balaban J connectivity index is 0.000000239. The molecule has 0 saturated carbocycles. The molecule has 7 aromatic carbocycles. The molecule has 3 heterocycles. The van der Waals surface area contributed by atoms with Gasteiger partial charge in [0.2, 0.25) is 0 Å². The van der Waals surface area contributed by atoms with Gasteiger partial charge in [0.25, 0.3) is 0 Å². The van der Waals surface area contributed by atoms with Crippen LogP contribution in [0.3, 0.4) is 0 Å². The van der Waals surface area contributed by atoms with Gasteiger partial charge in [-0.3, -0.25) is 9.59 Å². The highest BCUT2D eigenvalue weighted by Crippen LogP contribution is 2.23. The monoisotopic (exact) mass is 1370 g/mol. The molecule has 2 atom stereocenters. The van der Waals surface area contributed by atoms with Gasteiger partial charge in [-0.05, 0) is 179 Å². The Morgan fingerprint density at radius 1 is 0.372 bits per heavy atom. The van der Waals surface area contributed by atoms with E-state index in [4.69, 9.17) is 0 Å². The number of benzene rings is 7. The van der Waals surface area contributed by atoms with Gasteiger partial charge in [0.1, 0.15) is 60.6 Å². The van der Waals surface area contributed by atoms with Crippen molar-refractivity contribution in [1.29, 1.82) is 0 Å². The number of carbonyl (C=O) groups is 2. The third-order valence-corrected chi connectivity index (χ3v) is 11.8. The summed E-state index contributed by atoms with van der Waals surface area (Å²) in [5.41, 5.74) is 6.30. The molecule has 0 radical (unpaired) electrons. The molecular weight excluding hydrogens is 1320 g/mol. The Bertz CT molecular complexity index is 2870. The van der Waals surface area contributed by atoms with Crippen LogP contribution in [-0.2, 0) is 0 Å². The van der Waals surface area contributed by atoms with Crippen LogP contribution in [0.5, 0.6) is 0 Å². The van der Waals surface area contributed by atoms with E-state index < -0.39 is 12.2 Å². The van der Waals surface area contributed by atoms with Crippen molar-refractivity contribution in [2.75, 3.05) is 0 Å². The highest BCUT2D eigenvalue weighted by molar-refractivity contribution is 9.11. The zero-order chi connectivity index (χ0) is 56.9. The molecule has 0 aliphatic rings. The molecule has 0 bridgehead atoms. The van der Waals surface area contributed by atoms with Crippen molar-refractivity contribution in [2.45, 2.75) is 26.1 Å². The van der Waals surface area contributed by atoms with E-state index in [0.29, 0.717) is 11.3 Å². The first kappa shape index (κ1) is 65.7. The zero-order valence-electron chi connectivity index (χ0n) is 42.1. The number of rotatable bonds is 6. The summed E-state index contributed by atoms with van der Waals surface area (Å²) >= 11 is 16.1. The molecule has 0 aliphatic heterocycles. The number of hydrogen-bond donors (Lipinski definition) is 2. The number of carbonyl (C=O) groups excluding carboxylic acids is 2. The van der Waals surface area contributed by atoms with Crippen molar-refractivity contribution in [2.24, 2.45) is 0 Å². The lowest BCUT2D eigenvalue weighted by Gasteiger charge is -2.10. The van der Waals surface area contributed by atoms with Crippen molar-refractivity contribution in [3.8, 4) is 0 Å². The Kier molecular flexibility index (Phi) is 32.8. The summed E-state index contributed by atoms with van der Waals surface area (Å²) in [5, 5.41) is 20.0. The lowest BCUT2D eigenvalue weighted by molar-refractivity contribution is 0.111. The van der Waals surface area contributed by atoms with Crippen LogP contribution in [-0.4, -0.2) is 37.7 Å². The summed E-state index contributed by atoms with van der Waals surface area (Å²) in [6.45, 7) is 3.83. The number of aromatic nitrogens is 3. The minimum atomic E-state index is -0.762. The number of pyridine rings is 3. The molecule has 3 aromatic heterocycles. The van der Waals surface area contributed by atoms with Gasteiger partial charge in [0, 0.05) is 21.3 Å². The van der Waals surface area contributed by atoms with Crippen molar-refractivity contribution in [3.05, 3.63) is 334 Å². The van der Waals surface area contributed by atoms with Gasteiger partial charge in [0.15, 0.2) is 0 Å². The minimum absolute atomic E-state index is 0.162. The Morgan fingerprint density at radius 2 is 0.744 bits per heavy atom. The van der Waals surface area contributed by atoms with Crippen molar-refractivity contribution in [1.82, 2.24) is 15.0 Å². The van der Waals surface area contributed by atoms with E-state index >= 15 is 0 Å². The number of hydrogen-bond acceptors (Lipinski definition) is 7. The fourth-order valence-electron chi connectivity index (χ4n) is 5.91. The molecule has 0 amide bonds. The van der Waals surface area contributed by atoms with E-state index in [1.807, 2.05) is 172 Å². The van der Waals surface area contributed by atoms with Crippen molar-refractivity contribution < 1.29 is 33.0 Å². The van der Waals surface area contributed by atoms with Gasteiger partial charge < -0.3 is 10.2 Å². The molecule has 400 valence electrons. The highest BCUT2D eigenvalue weighted by atomic mass is 79.9. The standard InChI is InChI=1S/C13H11FO.C12H10BrNO.C7H7F.2C7H6O.C6H4BrF.C6H6BrN.C5H3Br2N/c14-12-8-4-7-11(9-12)13(15)10-5-2-1-3-6-10;13-11-8-4-7-10(14-11)12(15)9-5-2-1-3-6-9;1-6-3-2-4-7(8)5-6;2*8-6-7-4-2-1-3-5-7;7-5-2-1-3-6(8)4-5;1-5-3-2-4-6(7)8-5;6-4-2-1-3-5(7)8-4/h1-9,13,15H;1-8,12,15H;2-5H,1H3;2*1-6H;1-4H;2-4H,1H3;1-3H. The minimum Gasteiger partial charge on any atom is -0.384 e. The van der Waals surface area contributed by atoms with Gasteiger partial charge in [-0.2, -0.15) is 0 Å². The Morgan fingerprint density at radius 3 is 1.08 bits per heavy atom. The molecule has 0 saturated heterocycles. The number of aliphatic hydroxyl groups excluding tert-OH is 2. The fraction of sp³-hybridized carbons (Fsp3) is 0.0635. The quantitative estimate of drug-likeness (QED) is 0.126. The molecule has 10 aromatic rings. The third-order valence-electron chi connectivity index (χ3n) is 9.59. The lowest BCUT2D eigenvalue weighted by Crippen LogP contribution is -2.01. The van der Waals surface area contributed by atoms with E-state index in [1.54, 1.807) is 54.6 Å². The smallest absolute Gasteiger partial charge is 0.150 e. The normalized spacial score (nSPS) is 10.3. The molecule has 7 nitrogen and oxygen atoms in total. The molecule has 78 heavy (non-hydrogen) atoms. The van der Waals surface area contributed by atoms with Gasteiger partial charge in [-0.25, -0.2) is 28.1 Å². The molecular formula is C63H53Br5F3N3O4. The van der Waals surface area contributed by atoms with Crippen LogP contribution >= 0.6 is 79.6 Å². The number of aliphatic hydroxyl groups is 2. The van der Waals surface area contributed by atoms with Crippen molar-refractivity contribution in [3.63, 3.8) is 0 Å². The van der Waals surface area contributed by atoms with Crippen LogP contribution in [0.1, 0.15) is 66.6 Å². The summed E-state index contributed by atoms with van der Waals surface area (Å²) in [7, 11) is 0. The number of aldehydes is 2. The van der Waals surface area contributed by atoms with Gasteiger partial charge >= 0.3 is 0 Å². The first-order valence-electron chi connectivity index (χ1n) is 23.4. The van der Waals surface area contributed by atoms with Crippen molar-refractivity contribution >= 4 is 92.2 Å². The van der Waals surface area contributed by atoms with Crippen LogP contribution < -0.4 is 0 Å². The van der Waals surface area contributed by atoms with Gasteiger partial charge in [-0.15, -0.1) is 0 Å². The highest BCUT2D eigenvalue weighted by Gasteiger charge is 2.11. The average molecular weight is 1370 g/mol. The van der Waals surface area contributed by atoms with Crippen LogP contribution in [0.2, 0.25) is 0 Å². The number of halogens is 8. The summed E-state index contributed by atoms with van der Waals surface area (Å²) in [4.78, 5) is 32.3. The van der Waals surface area contributed by atoms with Gasteiger partial charge in [-0.1, -0.05) is 186 Å². The summed E-state index contributed by atoms with van der Waals surface area (Å²) in [6, 6.07) is 72.7. The molecule has 0 fully saturated rings. The molecule has 15 heteroatoms. The van der Waals surface area contributed by atoms with Crippen LogP contribution in [0.25, 0.3) is 0 Å². The van der Waals surface area contributed by atoms with E-state index in [9.17, 15) is 33.0 Å². The molecule has 0 aliphatic carbocycles. The molecule has 10 rings (SSSR count). The van der Waals surface area contributed by atoms with Gasteiger partial charge in [0.05, 0.1) is 5.69 Å². The maximum Gasteiger partial charge on any atom is 0.150 e. The zero-order valence-corrected chi connectivity index (χ0v) is 50.0. The van der Waals surface area contributed by atoms with Crippen LogP contribution in [0.15, 0.2) is 272 Å². The predicted octanol–water partition coefficient (Wildman–Crippen LogP) is 18.3. The number of aryl methyl sites for hydroxylation is 2. The topological polar surface area (TPSA) is 113 Å². The first-order chi connectivity index (χ1) is 37.6. The van der Waals surface area contributed by atoms with Crippen LogP contribution in [0, 0.1) is 31.3 Å². The van der Waals surface area contributed by atoms with E-state index in [0.717, 1.165) is 69.0 Å². The molecule has 0 spiro atoms. The largest absolute Gasteiger partial charge is 0.384 e. The summed E-state index contributed by atoms with van der Waals surface area (Å²) in [6.07, 6.45) is 0.241.